The van der Waals surface area contributed by atoms with Crippen LogP contribution in [-0.4, -0.2) is 38.5 Å². The first-order chi connectivity index (χ1) is 6.62. The minimum atomic E-state index is 0.191. The quantitative estimate of drug-likeness (QED) is 0.740. The van der Waals surface area contributed by atoms with Crippen molar-refractivity contribution in [3.05, 3.63) is 0 Å². The molecule has 0 radical (unpaired) electrons. The molecule has 1 N–H and O–H groups in total. The molecule has 0 spiro atoms. The molecule has 3 heteroatoms. The molecule has 3 nitrogen and oxygen atoms in total. The van der Waals surface area contributed by atoms with E-state index in [2.05, 4.69) is 19.2 Å². The summed E-state index contributed by atoms with van der Waals surface area (Å²) < 4.78 is 10.7. The molecule has 2 saturated heterocycles. The standard InChI is InChI=1S/C11H21NO2/c1-10(7-14-8-10)6-12-11(2)4-3-5-13-9-11/h12H,3-9H2,1-2H3. The number of rotatable bonds is 3. The average Bonchev–Trinajstić information content (AvgIpc) is 2.13. The van der Waals surface area contributed by atoms with Crippen molar-refractivity contribution in [1.29, 1.82) is 0 Å². The van der Waals surface area contributed by atoms with E-state index in [1.165, 1.54) is 12.8 Å². The van der Waals surface area contributed by atoms with Crippen LogP contribution in [0.15, 0.2) is 0 Å². The van der Waals surface area contributed by atoms with Gasteiger partial charge in [-0.1, -0.05) is 6.92 Å². The maximum Gasteiger partial charge on any atom is 0.0645 e. The fraction of sp³-hybridized carbons (Fsp3) is 1.00. The molecule has 0 aromatic carbocycles. The second-order valence-corrected chi connectivity index (χ2v) is 5.37. The maximum absolute atomic E-state index is 5.51. The molecule has 0 aromatic rings. The molecular formula is C11H21NO2. The Morgan fingerprint density at radius 2 is 1.93 bits per heavy atom. The van der Waals surface area contributed by atoms with Gasteiger partial charge in [0.05, 0.1) is 19.8 Å². The van der Waals surface area contributed by atoms with Crippen molar-refractivity contribution in [1.82, 2.24) is 5.32 Å². The average molecular weight is 199 g/mol. The van der Waals surface area contributed by atoms with E-state index in [4.69, 9.17) is 9.47 Å². The van der Waals surface area contributed by atoms with Crippen LogP contribution in [0.25, 0.3) is 0 Å². The first-order valence-corrected chi connectivity index (χ1v) is 5.53. The minimum absolute atomic E-state index is 0.191. The molecule has 0 saturated carbocycles. The monoisotopic (exact) mass is 199 g/mol. The van der Waals surface area contributed by atoms with Crippen LogP contribution in [0.5, 0.6) is 0 Å². The number of ether oxygens (including phenoxy) is 2. The Balaban J connectivity index is 1.77. The van der Waals surface area contributed by atoms with Gasteiger partial charge in [0.2, 0.25) is 0 Å². The van der Waals surface area contributed by atoms with E-state index in [9.17, 15) is 0 Å². The highest BCUT2D eigenvalue weighted by molar-refractivity contribution is 4.90. The molecule has 1 unspecified atom stereocenters. The van der Waals surface area contributed by atoms with Crippen molar-refractivity contribution in [3.63, 3.8) is 0 Å². The van der Waals surface area contributed by atoms with Gasteiger partial charge in [-0.2, -0.15) is 0 Å². The van der Waals surface area contributed by atoms with E-state index in [-0.39, 0.29) is 5.54 Å². The highest BCUT2D eigenvalue weighted by Gasteiger charge is 2.36. The van der Waals surface area contributed by atoms with Gasteiger partial charge in [-0.05, 0) is 19.8 Å². The Bertz CT molecular complexity index is 195. The summed E-state index contributed by atoms with van der Waals surface area (Å²) in [4.78, 5) is 0. The molecule has 0 aliphatic carbocycles. The van der Waals surface area contributed by atoms with Crippen LogP contribution in [0.1, 0.15) is 26.7 Å². The fourth-order valence-corrected chi connectivity index (χ4v) is 2.05. The van der Waals surface area contributed by atoms with Crippen molar-refractivity contribution in [3.8, 4) is 0 Å². The summed E-state index contributed by atoms with van der Waals surface area (Å²) in [7, 11) is 0. The Morgan fingerprint density at radius 1 is 1.14 bits per heavy atom. The van der Waals surface area contributed by atoms with Crippen LogP contribution in [0.2, 0.25) is 0 Å². The van der Waals surface area contributed by atoms with Crippen LogP contribution < -0.4 is 5.32 Å². The molecule has 2 aliphatic heterocycles. The summed E-state index contributed by atoms with van der Waals surface area (Å²) in [6.07, 6.45) is 2.40. The molecule has 0 bridgehead atoms. The zero-order valence-electron chi connectivity index (χ0n) is 9.27. The zero-order chi connectivity index (χ0) is 10.1. The van der Waals surface area contributed by atoms with Gasteiger partial charge in [-0.25, -0.2) is 0 Å². The van der Waals surface area contributed by atoms with Crippen LogP contribution in [0.3, 0.4) is 0 Å². The molecule has 0 amide bonds. The predicted octanol–water partition coefficient (Wildman–Crippen LogP) is 1.18. The first-order valence-electron chi connectivity index (χ1n) is 5.53. The van der Waals surface area contributed by atoms with Crippen LogP contribution >= 0.6 is 0 Å². The third kappa shape index (κ3) is 2.27. The van der Waals surface area contributed by atoms with E-state index in [1.807, 2.05) is 0 Å². The van der Waals surface area contributed by atoms with Gasteiger partial charge in [-0.3, -0.25) is 0 Å². The van der Waals surface area contributed by atoms with E-state index in [1.54, 1.807) is 0 Å². The maximum atomic E-state index is 5.51. The molecule has 2 rings (SSSR count). The summed E-state index contributed by atoms with van der Waals surface area (Å²) in [5.41, 5.74) is 0.553. The highest BCUT2D eigenvalue weighted by atomic mass is 16.5. The van der Waals surface area contributed by atoms with Crippen molar-refractivity contribution < 1.29 is 9.47 Å². The lowest BCUT2D eigenvalue weighted by Crippen LogP contribution is -2.56. The Labute approximate surface area is 86.2 Å². The molecule has 2 heterocycles. The minimum Gasteiger partial charge on any atom is -0.380 e. The molecule has 14 heavy (non-hydrogen) atoms. The Morgan fingerprint density at radius 3 is 2.43 bits per heavy atom. The predicted molar refractivity (Wildman–Crippen MR) is 55.4 cm³/mol. The number of hydrogen-bond donors (Lipinski definition) is 1. The summed E-state index contributed by atoms with van der Waals surface area (Å²) in [6, 6.07) is 0. The lowest BCUT2D eigenvalue weighted by atomic mass is 9.86. The lowest BCUT2D eigenvalue weighted by molar-refractivity contribution is -0.105. The summed E-state index contributed by atoms with van der Waals surface area (Å²) in [6.45, 7) is 9.16. The van der Waals surface area contributed by atoms with Crippen LogP contribution in [0.4, 0.5) is 0 Å². The van der Waals surface area contributed by atoms with Crippen LogP contribution in [-0.2, 0) is 9.47 Å². The number of hydrogen-bond acceptors (Lipinski definition) is 3. The van der Waals surface area contributed by atoms with Gasteiger partial charge in [0, 0.05) is 24.1 Å². The van der Waals surface area contributed by atoms with Crippen LogP contribution in [0, 0.1) is 5.41 Å². The Hall–Kier alpha value is -0.120. The third-order valence-electron chi connectivity index (χ3n) is 3.28. The van der Waals surface area contributed by atoms with Gasteiger partial charge >= 0.3 is 0 Å². The van der Waals surface area contributed by atoms with E-state index >= 15 is 0 Å². The van der Waals surface area contributed by atoms with Crippen molar-refractivity contribution in [2.24, 2.45) is 5.41 Å². The molecule has 1 atom stereocenters. The van der Waals surface area contributed by atoms with Gasteiger partial charge in [0.15, 0.2) is 0 Å². The second-order valence-electron chi connectivity index (χ2n) is 5.37. The summed E-state index contributed by atoms with van der Waals surface area (Å²) >= 11 is 0. The van der Waals surface area contributed by atoms with Gasteiger partial charge in [-0.15, -0.1) is 0 Å². The Kier molecular flexibility index (Phi) is 2.82. The molecule has 82 valence electrons. The van der Waals surface area contributed by atoms with Crippen molar-refractivity contribution in [2.45, 2.75) is 32.2 Å². The van der Waals surface area contributed by atoms with E-state index in [0.29, 0.717) is 5.41 Å². The molecular weight excluding hydrogens is 178 g/mol. The largest absolute Gasteiger partial charge is 0.380 e. The van der Waals surface area contributed by atoms with E-state index in [0.717, 1.165) is 33.0 Å². The fourth-order valence-electron chi connectivity index (χ4n) is 2.05. The first kappa shape index (κ1) is 10.4. The highest BCUT2D eigenvalue weighted by Crippen LogP contribution is 2.27. The zero-order valence-corrected chi connectivity index (χ0v) is 9.27. The molecule has 0 aromatic heterocycles. The SMILES string of the molecule is CC1(CNC2(C)CCCOC2)COC1. The smallest absolute Gasteiger partial charge is 0.0645 e. The topological polar surface area (TPSA) is 30.5 Å². The molecule has 2 fully saturated rings. The summed E-state index contributed by atoms with van der Waals surface area (Å²) in [5, 5.41) is 3.64. The third-order valence-corrected chi connectivity index (χ3v) is 3.28. The second kappa shape index (κ2) is 3.80. The van der Waals surface area contributed by atoms with Gasteiger partial charge < -0.3 is 14.8 Å². The van der Waals surface area contributed by atoms with Gasteiger partial charge in [0.25, 0.3) is 0 Å². The lowest BCUT2D eigenvalue weighted by Gasteiger charge is -2.42. The van der Waals surface area contributed by atoms with E-state index < -0.39 is 0 Å². The van der Waals surface area contributed by atoms with Gasteiger partial charge in [0.1, 0.15) is 0 Å². The van der Waals surface area contributed by atoms with Crippen molar-refractivity contribution in [2.75, 3.05) is 33.0 Å². The normalized spacial score (nSPS) is 36.4. The summed E-state index contributed by atoms with van der Waals surface area (Å²) in [5.74, 6) is 0. The van der Waals surface area contributed by atoms with Crippen molar-refractivity contribution >= 4 is 0 Å². The number of nitrogens with one attached hydrogen (secondary N) is 1. The molecule has 2 aliphatic rings.